The van der Waals surface area contributed by atoms with E-state index in [-0.39, 0.29) is 24.8 Å². The van der Waals surface area contributed by atoms with Crippen molar-refractivity contribution in [2.75, 3.05) is 6.61 Å². The molecule has 0 aromatic heterocycles. The van der Waals surface area contributed by atoms with Crippen LogP contribution in [0.2, 0.25) is 0 Å². The van der Waals surface area contributed by atoms with Gasteiger partial charge in [-0.2, -0.15) is 0 Å². The predicted octanol–water partition coefficient (Wildman–Crippen LogP) is 2.39. The summed E-state index contributed by atoms with van der Waals surface area (Å²) in [5.41, 5.74) is 6.08. The van der Waals surface area contributed by atoms with Gasteiger partial charge in [-0.25, -0.2) is 4.39 Å². The van der Waals surface area contributed by atoms with Gasteiger partial charge >= 0.3 is 0 Å². The highest BCUT2D eigenvalue weighted by Gasteiger charge is 2.10. The van der Waals surface area contributed by atoms with Crippen LogP contribution >= 0.6 is 28.3 Å². The number of halogens is 3. The van der Waals surface area contributed by atoms with Crippen molar-refractivity contribution in [1.82, 2.24) is 0 Å². The normalized spacial score (nSPS) is 12.0. The quantitative estimate of drug-likeness (QED) is 0.895. The Kier molecular flexibility index (Phi) is 6.27. The number of hydrogen-bond acceptors (Lipinski definition) is 2. The van der Waals surface area contributed by atoms with Gasteiger partial charge in [0.25, 0.3) is 0 Å². The maximum atomic E-state index is 13.2. The SMILES string of the molecule is Cl.NC(CCO)c1ccc(Br)cc1F. The number of benzene rings is 1. The molecule has 80 valence electrons. The molecule has 14 heavy (non-hydrogen) atoms. The topological polar surface area (TPSA) is 46.2 Å². The van der Waals surface area contributed by atoms with E-state index in [0.29, 0.717) is 16.5 Å². The van der Waals surface area contributed by atoms with Crippen LogP contribution in [0.15, 0.2) is 22.7 Å². The minimum Gasteiger partial charge on any atom is -0.396 e. The lowest BCUT2D eigenvalue weighted by Gasteiger charge is -2.11. The zero-order chi connectivity index (χ0) is 9.84. The second-order valence-corrected chi connectivity index (χ2v) is 3.70. The van der Waals surface area contributed by atoms with Crippen molar-refractivity contribution in [2.24, 2.45) is 5.73 Å². The van der Waals surface area contributed by atoms with Crippen molar-refractivity contribution in [3.63, 3.8) is 0 Å². The molecule has 0 bridgehead atoms. The van der Waals surface area contributed by atoms with Gasteiger partial charge in [0.2, 0.25) is 0 Å². The second-order valence-electron chi connectivity index (χ2n) is 2.78. The first-order valence-corrected chi connectivity index (χ1v) is 4.76. The summed E-state index contributed by atoms with van der Waals surface area (Å²) in [6, 6.07) is 4.29. The van der Waals surface area contributed by atoms with Crippen LogP contribution in [0.3, 0.4) is 0 Å². The van der Waals surface area contributed by atoms with Crippen LogP contribution in [0, 0.1) is 5.82 Å². The fourth-order valence-corrected chi connectivity index (χ4v) is 1.43. The van der Waals surface area contributed by atoms with Crippen LogP contribution in [-0.4, -0.2) is 11.7 Å². The van der Waals surface area contributed by atoms with Crippen LogP contribution in [0.1, 0.15) is 18.0 Å². The molecule has 1 atom stereocenters. The molecular weight excluding hydrogens is 272 g/mol. The first kappa shape index (κ1) is 13.8. The lowest BCUT2D eigenvalue weighted by Crippen LogP contribution is -2.13. The third-order valence-electron chi connectivity index (χ3n) is 1.80. The van der Waals surface area contributed by atoms with E-state index >= 15 is 0 Å². The van der Waals surface area contributed by atoms with E-state index in [1.54, 1.807) is 12.1 Å². The average molecular weight is 285 g/mol. The standard InChI is InChI=1S/C9H11BrFNO.ClH/c10-6-1-2-7(8(11)5-6)9(12)3-4-13;/h1-2,5,9,13H,3-4,12H2;1H. The third-order valence-corrected chi connectivity index (χ3v) is 2.30. The van der Waals surface area contributed by atoms with E-state index in [4.69, 9.17) is 10.8 Å². The van der Waals surface area contributed by atoms with Crippen LogP contribution in [0.25, 0.3) is 0 Å². The van der Waals surface area contributed by atoms with Crippen molar-refractivity contribution in [1.29, 1.82) is 0 Å². The van der Waals surface area contributed by atoms with Gasteiger partial charge in [-0.15, -0.1) is 12.4 Å². The minimum atomic E-state index is -0.432. The minimum absolute atomic E-state index is 0. The van der Waals surface area contributed by atoms with E-state index in [2.05, 4.69) is 15.9 Å². The van der Waals surface area contributed by atoms with Crippen LogP contribution < -0.4 is 5.73 Å². The van der Waals surface area contributed by atoms with Crippen LogP contribution in [-0.2, 0) is 0 Å². The highest BCUT2D eigenvalue weighted by molar-refractivity contribution is 9.10. The Labute approximate surface area is 96.8 Å². The smallest absolute Gasteiger partial charge is 0.129 e. The van der Waals surface area contributed by atoms with Gasteiger partial charge in [0, 0.05) is 22.7 Å². The summed E-state index contributed by atoms with van der Waals surface area (Å²) in [5.74, 6) is -0.338. The lowest BCUT2D eigenvalue weighted by atomic mass is 10.0. The van der Waals surface area contributed by atoms with E-state index in [9.17, 15) is 4.39 Å². The summed E-state index contributed by atoms with van der Waals surface area (Å²) in [7, 11) is 0. The molecule has 0 amide bonds. The fraction of sp³-hybridized carbons (Fsp3) is 0.333. The Morgan fingerprint density at radius 3 is 2.64 bits per heavy atom. The molecule has 0 saturated heterocycles. The fourth-order valence-electron chi connectivity index (χ4n) is 1.10. The highest BCUT2D eigenvalue weighted by Crippen LogP contribution is 2.21. The summed E-state index contributed by atoms with van der Waals surface area (Å²) >= 11 is 3.15. The van der Waals surface area contributed by atoms with Gasteiger partial charge in [-0.1, -0.05) is 22.0 Å². The third kappa shape index (κ3) is 3.53. The van der Waals surface area contributed by atoms with Crippen molar-refractivity contribution in [3.05, 3.63) is 34.1 Å². The summed E-state index contributed by atoms with van der Waals surface area (Å²) in [6.45, 7) is -0.0311. The van der Waals surface area contributed by atoms with Crippen molar-refractivity contribution >= 4 is 28.3 Å². The lowest BCUT2D eigenvalue weighted by molar-refractivity contribution is 0.275. The Bertz CT molecular complexity index is 298. The molecule has 3 N–H and O–H groups in total. The summed E-state index contributed by atoms with van der Waals surface area (Å²) in [5, 5.41) is 8.63. The second kappa shape index (κ2) is 6.35. The molecule has 0 fully saturated rings. The van der Waals surface area contributed by atoms with Gasteiger partial charge in [0.15, 0.2) is 0 Å². The number of aliphatic hydroxyl groups excluding tert-OH is 1. The molecular formula is C9H12BrClFNO. The molecule has 0 spiro atoms. The van der Waals surface area contributed by atoms with Crippen molar-refractivity contribution in [2.45, 2.75) is 12.5 Å². The zero-order valence-electron chi connectivity index (χ0n) is 7.41. The predicted molar refractivity (Wildman–Crippen MR) is 60.0 cm³/mol. The highest BCUT2D eigenvalue weighted by atomic mass is 79.9. The summed E-state index contributed by atoms with van der Waals surface area (Å²) in [6.07, 6.45) is 0.374. The molecule has 0 aliphatic heterocycles. The first-order chi connectivity index (χ1) is 6.15. The van der Waals surface area contributed by atoms with E-state index in [1.165, 1.54) is 6.07 Å². The zero-order valence-corrected chi connectivity index (χ0v) is 9.81. The molecule has 0 saturated carbocycles. The number of rotatable bonds is 3. The maximum Gasteiger partial charge on any atom is 0.129 e. The molecule has 1 unspecified atom stereocenters. The molecule has 0 aliphatic rings. The molecule has 0 heterocycles. The van der Waals surface area contributed by atoms with E-state index in [0.717, 1.165) is 0 Å². The van der Waals surface area contributed by atoms with Gasteiger partial charge in [0.1, 0.15) is 5.82 Å². The van der Waals surface area contributed by atoms with Crippen molar-refractivity contribution < 1.29 is 9.50 Å². The maximum absolute atomic E-state index is 13.2. The molecule has 1 aromatic carbocycles. The number of hydrogen-bond donors (Lipinski definition) is 2. The Morgan fingerprint density at radius 1 is 1.50 bits per heavy atom. The molecule has 0 radical (unpaired) electrons. The molecule has 1 rings (SSSR count). The van der Waals surface area contributed by atoms with Gasteiger partial charge in [0.05, 0.1) is 0 Å². The van der Waals surface area contributed by atoms with E-state index in [1.807, 2.05) is 0 Å². The van der Waals surface area contributed by atoms with Crippen LogP contribution in [0.5, 0.6) is 0 Å². The average Bonchev–Trinajstić information content (AvgIpc) is 2.04. The first-order valence-electron chi connectivity index (χ1n) is 3.96. The monoisotopic (exact) mass is 283 g/mol. The number of aliphatic hydroxyl groups is 1. The van der Waals surface area contributed by atoms with Gasteiger partial charge < -0.3 is 10.8 Å². The van der Waals surface area contributed by atoms with Crippen LogP contribution in [0.4, 0.5) is 4.39 Å². The van der Waals surface area contributed by atoms with Crippen molar-refractivity contribution in [3.8, 4) is 0 Å². The molecule has 5 heteroatoms. The van der Waals surface area contributed by atoms with Gasteiger partial charge in [-0.05, 0) is 18.6 Å². The Morgan fingerprint density at radius 2 is 2.14 bits per heavy atom. The number of nitrogens with two attached hydrogens (primary N) is 1. The van der Waals surface area contributed by atoms with Gasteiger partial charge in [-0.3, -0.25) is 0 Å². The molecule has 2 nitrogen and oxygen atoms in total. The molecule has 0 aliphatic carbocycles. The Balaban J connectivity index is 0.00000169. The summed E-state index contributed by atoms with van der Waals surface area (Å²) in [4.78, 5) is 0. The summed E-state index contributed by atoms with van der Waals surface area (Å²) < 4.78 is 13.9. The Hall–Kier alpha value is -0.160. The largest absolute Gasteiger partial charge is 0.396 e. The molecule has 1 aromatic rings. The van der Waals surface area contributed by atoms with E-state index < -0.39 is 6.04 Å².